The molecule has 0 spiro atoms. The number of carboxylic acid groups (broad SMARTS) is 1. The minimum Gasteiger partial charge on any atom is -0.481 e. The molecule has 0 saturated carbocycles. The maximum atomic E-state index is 12.7. The van der Waals surface area contributed by atoms with E-state index in [1.54, 1.807) is 0 Å². The van der Waals surface area contributed by atoms with Gasteiger partial charge in [0.15, 0.2) is 0 Å². The molecule has 94 valence electrons. The van der Waals surface area contributed by atoms with Crippen molar-refractivity contribution in [1.29, 1.82) is 0 Å². The van der Waals surface area contributed by atoms with Gasteiger partial charge in [0.2, 0.25) is 0 Å². The van der Waals surface area contributed by atoms with E-state index in [0.29, 0.717) is 0 Å². The molecule has 0 aromatic heterocycles. The van der Waals surface area contributed by atoms with Gasteiger partial charge in [0.05, 0.1) is 5.56 Å². The summed E-state index contributed by atoms with van der Waals surface area (Å²) in [6.07, 6.45) is -4.47. The molecule has 0 saturated heterocycles. The first-order chi connectivity index (χ1) is 7.82. The first-order valence-electron chi connectivity index (χ1n) is 4.98. The van der Waals surface area contributed by atoms with Gasteiger partial charge in [0.25, 0.3) is 0 Å². The van der Waals surface area contributed by atoms with E-state index in [1.165, 1.54) is 18.2 Å². The van der Waals surface area contributed by atoms with Crippen molar-refractivity contribution in [1.82, 2.24) is 0 Å². The highest BCUT2D eigenvalue weighted by atomic mass is 19.4. The second-order valence-corrected chi connectivity index (χ2v) is 3.63. The summed E-state index contributed by atoms with van der Waals surface area (Å²) in [5, 5.41) is 8.43. The monoisotopic (exact) mass is 247 g/mol. The Hall–Kier alpha value is -1.72. The number of carbonyl (C=O) groups is 1. The van der Waals surface area contributed by atoms with E-state index in [0.717, 1.165) is 0 Å². The second-order valence-electron chi connectivity index (χ2n) is 3.63. The normalized spacial score (nSPS) is 11.5. The van der Waals surface area contributed by atoms with E-state index in [4.69, 9.17) is 10.8 Å². The van der Waals surface area contributed by atoms with E-state index in [-0.39, 0.29) is 30.5 Å². The molecular weight excluding hydrogens is 235 g/mol. The third-order valence-corrected chi connectivity index (χ3v) is 2.30. The average molecular weight is 247 g/mol. The van der Waals surface area contributed by atoms with Gasteiger partial charge in [0.1, 0.15) is 0 Å². The van der Waals surface area contributed by atoms with Gasteiger partial charge in [-0.05, 0) is 24.5 Å². The summed E-state index contributed by atoms with van der Waals surface area (Å²) in [6, 6.07) is 3.94. The van der Waals surface area contributed by atoms with Crippen LogP contribution >= 0.6 is 0 Å². The minimum atomic E-state index is -4.51. The minimum absolute atomic E-state index is 0.0405. The third-order valence-electron chi connectivity index (χ3n) is 2.30. The first kappa shape index (κ1) is 13.3. The molecule has 0 amide bonds. The van der Waals surface area contributed by atoms with Crippen molar-refractivity contribution in [2.45, 2.75) is 25.4 Å². The Morgan fingerprint density at radius 2 is 2.00 bits per heavy atom. The van der Waals surface area contributed by atoms with Crippen LogP contribution in [0.15, 0.2) is 18.2 Å². The summed E-state index contributed by atoms with van der Waals surface area (Å²) in [7, 11) is 0. The number of hydrogen-bond acceptors (Lipinski definition) is 2. The van der Waals surface area contributed by atoms with Gasteiger partial charge in [-0.1, -0.05) is 12.1 Å². The van der Waals surface area contributed by atoms with Crippen LogP contribution in [0.3, 0.4) is 0 Å². The zero-order valence-electron chi connectivity index (χ0n) is 8.92. The molecule has 0 unspecified atom stereocenters. The number of benzene rings is 1. The number of aryl methyl sites for hydroxylation is 1. The van der Waals surface area contributed by atoms with E-state index in [1.807, 2.05) is 0 Å². The fourth-order valence-electron chi connectivity index (χ4n) is 1.60. The molecule has 1 aromatic rings. The van der Waals surface area contributed by atoms with Crippen LogP contribution in [-0.2, 0) is 17.4 Å². The molecule has 0 aliphatic heterocycles. The smallest absolute Gasteiger partial charge is 0.418 e. The Labute approximate surface area is 96.0 Å². The topological polar surface area (TPSA) is 63.3 Å². The number of aliphatic carboxylic acids is 1. The Kier molecular flexibility index (Phi) is 3.98. The van der Waals surface area contributed by atoms with Crippen molar-refractivity contribution in [3.8, 4) is 0 Å². The van der Waals surface area contributed by atoms with Crippen molar-refractivity contribution < 1.29 is 23.1 Å². The fourth-order valence-corrected chi connectivity index (χ4v) is 1.60. The zero-order chi connectivity index (χ0) is 13.1. The lowest BCUT2D eigenvalue weighted by Crippen LogP contribution is -2.13. The van der Waals surface area contributed by atoms with Crippen molar-refractivity contribution >= 4 is 11.7 Å². The maximum Gasteiger partial charge on any atom is 0.418 e. The Morgan fingerprint density at radius 1 is 1.35 bits per heavy atom. The van der Waals surface area contributed by atoms with E-state index >= 15 is 0 Å². The third kappa shape index (κ3) is 3.65. The van der Waals surface area contributed by atoms with Gasteiger partial charge in [-0.2, -0.15) is 13.2 Å². The van der Waals surface area contributed by atoms with Crippen molar-refractivity contribution in [3.05, 3.63) is 29.3 Å². The quantitative estimate of drug-likeness (QED) is 0.804. The highest BCUT2D eigenvalue weighted by molar-refractivity contribution is 5.66. The lowest BCUT2D eigenvalue weighted by molar-refractivity contribution is -0.137. The predicted octanol–water partition coefficient (Wildman–Crippen LogP) is 2.69. The number of anilines is 1. The molecule has 0 aliphatic carbocycles. The Morgan fingerprint density at radius 3 is 2.53 bits per heavy atom. The number of rotatable bonds is 4. The fraction of sp³-hybridized carbons (Fsp3) is 0.364. The maximum absolute atomic E-state index is 12.7. The summed E-state index contributed by atoms with van der Waals surface area (Å²) >= 11 is 0. The van der Waals surface area contributed by atoms with Crippen molar-refractivity contribution in [3.63, 3.8) is 0 Å². The van der Waals surface area contributed by atoms with Crippen LogP contribution in [0.4, 0.5) is 18.9 Å². The highest BCUT2D eigenvalue weighted by Gasteiger charge is 2.35. The molecule has 1 aromatic carbocycles. The SMILES string of the molecule is Nc1cccc(CCCC(=O)O)c1C(F)(F)F. The molecule has 3 N–H and O–H groups in total. The number of carboxylic acids is 1. The molecule has 0 bridgehead atoms. The average Bonchev–Trinajstić information content (AvgIpc) is 2.14. The summed E-state index contributed by atoms with van der Waals surface area (Å²) in [4.78, 5) is 10.3. The van der Waals surface area contributed by atoms with Gasteiger partial charge < -0.3 is 10.8 Å². The molecule has 6 heteroatoms. The van der Waals surface area contributed by atoms with Crippen LogP contribution < -0.4 is 5.73 Å². The molecule has 0 aliphatic rings. The van der Waals surface area contributed by atoms with Gasteiger partial charge >= 0.3 is 12.1 Å². The number of nitrogen functional groups attached to an aromatic ring is 1. The molecule has 0 radical (unpaired) electrons. The van der Waals surface area contributed by atoms with Gasteiger partial charge in [0, 0.05) is 12.1 Å². The summed E-state index contributed by atoms with van der Waals surface area (Å²) in [6.45, 7) is 0. The lowest BCUT2D eigenvalue weighted by Gasteiger charge is -2.14. The largest absolute Gasteiger partial charge is 0.481 e. The van der Waals surface area contributed by atoms with Crippen LogP contribution in [0, 0.1) is 0 Å². The van der Waals surface area contributed by atoms with Crippen molar-refractivity contribution in [2.75, 3.05) is 5.73 Å². The molecule has 0 atom stereocenters. The second kappa shape index (κ2) is 5.07. The Bertz CT molecular complexity index is 416. The highest BCUT2D eigenvalue weighted by Crippen LogP contribution is 2.36. The summed E-state index contributed by atoms with van der Waals surface area (Å²) in [5.74, 6) is -1.03. The summed E-state index contributed by atoms with van der Waals surface area (Å²) in [5.41, 5.74) is 4.16. The van der Waals surface area contributed by atoms with Crippen LogP contribution in [0.2, 0.25) is 0 Å². The van der Waals surface area contributed by atoms with Crippen LogP contribution in [-0.4, -0.2) is 11.1 Å². The standard InChI is InChI=1S/C11H12F3NO2/c12-11(13,14)10-7(3-1-5-8(10)15)4-2-6-9(16)17/h1,3,5H,2,4,6,15H2,(H,16,17). The molecule has 1 rings (SSSR count). The lowest BCUT2D eigenvalue weighted by atomic mass is 10.00. The number of hydrogen-bond donors (Lipinski definition) is 2. The van der Waals surface area contributed by atoms with Crippen LogP contribution in [0.1, 0.15) is 24.0 Å². The van der Waals surface area contributed by atoms with E-state index < -0.39 is 17.7 Å². The summed E-state index contributed by atoms with van der Waals surface area (Å²) < 4.78 is 38.1. The molecule has 3 nitrogen and oxygen atoms in total. The molecule has 0 heterocycles. The van der Waals surface area contributed by atoms with Crippen LogP contribution in [0.25, 0.3) is 0 Å². The first-order valence-corrected chi connectivity index (χ1v) is 4.98. The predicted molar refractivity (Wildman–Crippen MR) is 56.4 cm³/mol. The zero-order valence-corrected chi connectivity index (χ0v) is 8.92. The van der Waals surface area contributed by atoms with Gasteiger partial charge in [-0.15, -0.1) is 0 Å². The number of halogens is 3. The molecular formula is C11H12F3NO2. The number of nitrogens with two attached hydrogens (primary N) is 1. The molecule has 0 fully saturated rings. The number of alkyl halides is 3. The molecule has 17 heavy (non-hydrogen) atoms. The van der Waals surface area contributed by atoms with E-state index in [9.17, 15) is 18.0 Å². The van der Waals surface area contributed by atoms with Crippen LogP contribution in [0.5, 0.6) is 0 Å². The van der Waals surface area contributed by atoms with Gasteiger partial charge in [-0.25, -0.2) is 0 Å². The van der Waals surface area contributed by atoms with Gasteiger partial charge in [-0.3, -0.25) is 4.79 Å². The Balaban J connectivity index is 2.92. The van der Waals surface area contributed by atoms with Crippen molar-refractivity contribution in [2.24, 2.45) is 0 Å². The van der Waals surface area contributed by atoms with E-state index in [2.05, 4.69) is 0 Å².